The van der Waals surface area contributed by atoms with Crippen molar-refractivity contribution < 1.29 is 14.3 Å². The quantitative estimate of drug-likeness (QED) is 0.206. The normalized spacial score (nSPS) is 12.8. The first-order valence-electron chi connectivity index (χ1n) is 14.4. The van der Waals surface area contributed by atoms with Crippen molar-refractivity contribution in [3.05, 3.63) is 130 Å². The average Bonchev–Trinajstić information content (AvgIpc) is 3.51. The zero-order valence-corrected chi connectivity index (χ0v) is 23.8. The highest BCUT2D eigenvalue weighted by molar-refractivity contribution is 5.95. The molecule has 6 rings (SSSR count). The zero-order chi connectivity index (χ0) is 29.1. The molecule has 2 heterocycles. The molecular formula is C35H33N3O4. The number of carbonyl (C=O) groups excluding carboxylic acids is 1. The molecule has 4 aromatic carbocycles. The van der Waals surface area contributed by atoms with Crippen LogP contribution in [0.4, 0.5) is 0 Å². The molecule has 5 aromatic rings. The van der Waals surface area contributed by atoms with Gasteiger partial charge in [-0.15, -0.1) is 0 Å². The van der Waals surface area contributed by atoms with Crippen LogP contribution < -0.4 is 15.0 Å². The molecule has 1 aromatic heterocycles. The maximum atomic E-state index is 14.3. The molecule has 1 aliphatic rings. The summed E-state index contributed by atoms with van der Waals surface area (Å²) in [5.41, 5.74) is 3.97. The second kappa shape index (κ2) is 11.9. The number of fused-ring (bicyclic) bond motifs is 2. The fourth-order valence-corrected chi connectivity index (χ4v) is 5.53. The summed E-state index contributed by atoms with van der Waals surface area (Å²) in [5, 5.41) is 0.536. The van der Waals surface area contributed by atoms with Gasteiger partial charge in [0.2, 0.25) is 6.79 Å². The van der Waals surface area contributed by atoms with Gasteiger partial charge in [-0.3, -0.25) is 14.2 Å². The molecule has 42 heavy (non-hydrogen) atoms. The van der Waals surface area contributed by atoms with Gasteiger partial charge >= 0.3 is 0 Å². The van der Waals surface area contributed by atoms with E-state index in [1.807, 2.05) is 72.5 Å². The van der Waals surface area contributed by atoms with Gasteiger partial charge in [0.1, 0.15) is 5.82 Å². The van der Waals surface area contributed by atoms with E-state index in [1.54, 1.807) is 28.8 Å². The molecule has 0 saturated carbocycles. The number of para-hydroxylation sites is 1. The summed E-state index contributed by atoms with van der Waals surface area (Å²) in [6.07, 6.45) is 2.10. The fraction of sp³-hybridized carbons (Fsp3) is 0.229. The van der Waals surface area contributed by atoms with Crippen molar-refractivity contribution in [1.82, 2.24) is 14.5 Å². The third-order valence-corrected chi connectivity index (χ3v) is 7.83. The lowest BCUT2D eigenvalue weighted by Gasteiger charge is -2.32. The summed E-state index contributed by atoms with van der Waals surface area (Å²) >= 11 is 0. The summed E-state index contributed by atoms with van der Waals surface area (Å²) in [6.45, 7) is 4.70. The van der Waals surface area contributed by atoms with Gasteiger partial charge in [-0.05, 0) is 72.9 Å². The molecule has 1 amide bonds. The van der Waals surface area contributed by atoms with E-state index in [1.165, 1.54) is 5.56 Å². The second-order valence-corrected chi connectivity index (χ2v) is 10.4. The number of nitrogens with zero attached hydrogens (tertiary/aromatic N) is 3. The molecule has 0 fully saturated rings. The molecular weight excluding hydrogens is 526 g/mol. The van der Waals surface area contributed by atoms with Crippen LogP contribution in [0.1, 0.15) is 53.6 Å². The van der Waals surface area contributed by atoms with Crippen LogP contribution in [0, 0.1) is 0 Å². The Hall–Kier alpha value is -4.91. The minimum atomic E-state index is -0.477. The van der Waals surface area contributed by atoms with Crippen LogP contribution in [-0.2, 0) is 12.8 Å². The van der Waals surface area contributed by atoms with E-state index in [0.717, 1.165) is 17.7 Å². The topological polar surface area (TPSA) is 73.7 Å². The van der Waals surface area contributed by atoms with E-state index in [2.05, 4.69) is 19.1 Å². The standard InChI is InChI=1S/C35H33N3O4/c1-3-24-14-17-27(18-15-24)38-33(36-29-13-9-8-12-28(29)35(38)40)30(4-2)37(21-20-25-10-6-5-7-11-25)34(39)26-16-19-31-32(22-26)42-23-41-31/h5-19,22,30H,3-4,20-21,23H2,1-2H3. The van der Waals surface area contributed by atoms with Gasteiger partial charge in [0.05, 0.1) is 22.6 Å². The first kappa shape index (κ1) is 27.3. The van der Waals surface area contributed by atoms with Crippen molar-refractivity contribution >= 4 is 16.8 Å². The van der Waals surface area contributed by atoms with Gasteiger partial charge in [-0.25, -0.2) is 4.98 Å². The predicted molar refractivity (Wildman–Crippen MR) is 163 cm³/mol. The summed E-state index contributed by atoms with van der Waals surface area (Å²) in [4.78, 5) is 35.3. The highest BCUT2D eigenvalue weighted by Crippen LogP contribution is 2.34. The van der Waals surface area contributed by atoms with E-state index in [4.69, 9.17) is 14.5 Å². The van der Waals surface area contributed by atoms with Crippen molar-refractivity contribution in [1.29, 1.82) is 0 Å². The van der Waals surface area contributed by atoms with Gasteiger partial charge in [0.15, 0.2) is 11.5 Å². The van der Waals surface area contributed by atoms with E-state index in [9.17, 15) is 9.59 Å². The molecule has 1 aliphatic heterocycles. The summed E-state index contributed by atoms with van der Waals surface area (Å²) < 4.78 is 12.7. The molecule has 7 heteroatoms. The number of benzene rings is 4. The largest absolute Gasteiger partial charge is 0.454 e. The molecule has 212 valence electrons. The lowest BCUT2D eigenvalue weighted by Crippen LogP contribution is -2.39. The predicted octanol–water partition coefficient (Wildman–Crippen LogP) is 6.51. The van der Waals surface area contributed by atoms with Crippen molar-refractivity contribution in [2.75, 3.05) is 13.3 Å². The Bertz CT molecular complexity index is 1780. The number of amides is 1. The summed E-state index contributed by atoms with van der Waals surface area (Å²) in [7, 11) is 0. The third kappa shape index (κ3) is 5.26. The number of hydrogen-bond acceptors (Lipinski definition) is 5. The number of ether oxygens (including phenoxy) is 2. The Morgan fingerprint density at radius 1 is 0.881 bits per heavy atom. The smallest absolute Gasteiger partial charge is 0.266 e. The van der Waals surface area contributed by atoms with E-state index < -0.39 is 6.04 Å². The lowest BCUT2D eigenvalue weighted by molar-refractivity contribution is 0.0661. The summed E-state index contributed by atoms with van der Waals surface area (Å²) in [6, 6.07) is 30.3. The molecule has 0 saturated heterocycles. The maximum Gasteiger partial charge on any atom is 0.266 e. The lowest BCUT2D eigenvalue weighted by atomic mass is 10.1. The first-order chi connectivity index (χ1) is 20.6. The van der Waals surface area contributed by atoms with Gasteiger partial charge in [0.25, 0.3) is 11.5 Å². The van der Waals surface area contributed by atoms with Gasteiger partial charge < -0.3 is 14.4 Å². The van der Waals surface area contributed by atoms with E-state index in [0.29, 0.717) is 53.2 Å². The van der Waals surface area contributed by atoms with Crippen LogP contribution in [0.15, 0.2) is 102 Å². The number of rotatable bonds is 9. The fourth-order valence-electron chi connectivity index (χ4n) is 5.53. The average molecular weight is 560 g/mol. The third-order valence-electron chi connectivity index (χ3n) is 7.83. The molecule has 7 nitrogen and oxygen atoms in total. The minimum Gasteiger partial charge on any atom is -0.454 e. The SMILES string of the molecule is CCc1ccc(-n2c(C(CC)N(CCc3ccccc3)C(=O)c3ccc4c(c3)OCO4)nc3ccccc3c2=O)cc1. The number of carbonyl (C=O) groups is 1. The minimum absolute atomic E-state index is 0.131. The molecule has 0 aliphatic carbocycles. The Labute approximate surface area is 245 Å². The summed E-state index contributed by atoms with van der Waals surface area (Å²) in [5.74, 6) is 1.54. The van der Waals surface area contributed by atoms with Crippen LogP contribution >= 0.6 is 0 Å². The molecule has 1 atom stereocenters. The molecule has 1 unspecified atom stereocenters. The Balaban J connectivity index is 1.50. The van der Waals surface area contributed by atoms with Crippen LogP contribution in [0.3, 0.4) is 0 Å². The highest BCUT2D eigenvalue weighted by Gasteiger charge is 2.30. The molecule has 0 radical (unpaired) electrons. The van der Waals surface area contributed by atoms with Gasteiger partial charge in [-0.1, -0.05) is 68.4 Å². The number of hydrogen-bond donors (Lipinski definition) is 0. The van der Waals surface area contributed by atoms with Crippen molar-refractivity contribution in [2.45, 2.75) is 39.2 Å². The maximum absolute atomic E-state index is 14.3. The highest BCUT2D eigenvalue weighted by atomic mass is 16.7. The van der Waals surface area contributed by atoms with E-state index in [-0.39, 0.29) is 18.3 Å². The molecule has 0 N–H and O–H groups in total. The van der Waals surface area contributed by atoms with Crippen LogP contribution in [-0.4, -0.2) is 33.7 Å². The van der Waals surface area contributed by atoms with Crippen LogP contribution in [0.5, 0.6) is 11.5 Å². The van der Waals surface area contributed by atoms with Crippen molar-refractivity contribution in [3.63, 3.8) is 0 Å². The van der Waals surface area contributed by atoms with Crippen LogP contribution in [0.2, 0.25) is 0 Å². The van der Waals surface area contributed by atoms with Crippen LogP contribution in [0.25, 0.3) is 16.6 Å². The second-order valence-electron chi connectivity index (χ2n) is 10.4. The number of aryl methyl sites for hydroxylation is 1. The van der Waals surface area contributed by atoms with Gasteiger partial charge in [0, 0.05) is 12.1 Å². The first-order valence-corrected chi connectivity index (χ1v) is 14.4. The van der Waals surface area contributed by atoms with E-state index >= 15 is 0 Å². The Kier molecular flexibility index (Phi) is 7.73. The van der Waals surface area contributed by atoms with Crippen molar-refractivity contribution in [3.8, 4) is 17.2 Å². The Morgan fingerprint density at radius 3 is 2.38 bits per heavy atom. The zero-order valence-electron chi connectivity index (χ0n) is 23.8. The molecule has 0 bridgehead atoms. The number of aromatic nitrogens is 2. The molecule has 0 spiro atoms. The van der Waals surface area contributed by atoms with Gasteiger partial charge in [-0.2, -0.15) is 0 Å². The monoisotopic (exact) mass is 559 g/mol. The van der Waals surface area contributed by atoms with Crippen molar-refractivity contribution in [2.24, 2.45) is 0 Å². The Morgan fingerprint density at radius 2 is 1.62 bits per heavy atom.